The first kappa shape index (κ1) is 13.0. The van der Waals surface area contributed by atoms with Crippen molar-refractivity contribution in [2.24, 2.45) is 5.73 Å². The maximum Gasteiger partial charge on any atom is 0.202 e. The molecule has 1 unspecified atom stereocenters. The summed E-state index contributed by atoms with van der Waals surface area (Å²) in [6, 6.07) is 10.0. The summed E-state index contributed by atoms with van der Waals surface area (Å²) in [4.78, 5) is 4.41. The Balaban J connectivity index is 1.87. The van der Waals surface area contributed by atoms with Gasteiger partial charge in [-0.2, -0.15) is 4.37 Å². The van der Waals surface area contributed by atoms with Gasteiger partial charge >= 0.3 is 0 Å². The number of rotatable bonds is 6. The van der Waals surface area contributed by atoms with Gasteiger partial charge in [-0.15, -0.1) is 0 Å². The molecule has 0 saturated carbocycles. The molecule has 1 aromatic carbocycles. The third-order valence-electron chi connectivity index (χ3n) is 2.64. The molecular weight excluding hydrogens is 244 g/mol. The van der Waals surface area contributed by atoms with Crippen molar-refractivity contribution in [3.63, 3.8) is 0 Å². The number of nitrogens with two attached hydrogens (primary N) is 1. The van der Waals surface area contributed by atoms with Crippen molar-refractivity contribution >= 4 is 16.7 Å². The zero-order valence-corrected chi connectivity index (χ0v) is 11.3. The molecule has 5 heteroatoms. The largest absolute Gasteiger partial charge is 0.358 e. The summed E-state index contributed by atoms with van der Waals surface area (Å²) in [6.07, 6.45) is 2.00. The lowest BCUT2D eigenvalue weighted by Gasteiger charge is -2.11. The maximum absolute atomic E-state index is 6.10. The van der Waals surface area contributed by atoms with Gasteiger partial charge in [-0.3, -0.25) is 0 Å². The average molecular weight is 262 g/mol. The highest BCUT2D eigenvalue weighted by Crippen LogP contribution is 2.15. The normalized spacial score (nSPS) is 12.3. The van der Waals surface area contributed by atoms with Gasteiger partial charge < -0.3 is 11.1 Å². The van der Waals surface area contributed by atoms with Crippen LogP contribution in [0.25, 0.3) is 0 Å². The van der Waals surface area contributed by atoms with E-state index in [0.717, 1.165) is 29.4 Å². The summed E-state index contributed by atoms with van der Waals surface area (Å²) in [6.45, 7) is 2.80. The number of nitrogens with zero attached hydrogens (tertiary/aromatic N) is 2. The molecule has 0 spiro atoms. The van der Waals surface area contributed by atoms with Crippen LogP contribution in [0.4, 0.5) is 5.13 Å². The van der Waals surface area contributed by atoms with Crippen LogP contribution in [0.15, 0.2) is 30.3 Å². The second-order valence-corrected chi connectivity index (χ2v) is 4.92. The summed E-state index contributed by atoms with van der Waals surface area (Å²) in [5.41, 5.74) is 7.23. The predicted molar refractivity (Wildman–Crippen MR) is 75.8 cm³/mol. The molecule has 3 N–H and O–H groups in total. The van der Waals surface area contributed by atoms with Crippen molar-refractivity contribution in [1.82, 2.24) is 9.36 Å². The van der Waals surface area contributed by atoms with E-state index in [2.05, 4.69) is 21.6 Å². The van der Waals surface area contributed by atoms with Crippen molar-refractivity contribution in [3.8, 4) is 0 Å². The second-order valence-electron chi connectivity index (χ2n) is 4.16. The quantitative estimate of drug-likeness (QED) is 0.840. The third kappa shape index (κ3) is 3.51. The van der Waals surface area contributed by atoms with Crippen molar-refractivity contribution < 1.29 is 0 Å². The Kier molecular flexibility index (Phi) is 4.66. The second kappa shape index (κ2) is 6.47. The predicted octanol–water partition coefficient (Wildman–Crippen LogP) is 2.60. The first-order valence-electron chi connectivity index (χ1n) is 6.16. The Morgan fingerprint density at radius 1 is 1.33 bits per heavy atom. The van der Waals surface area contributed by atoms with Gasteiger partial charge in [0.1, 0.15) is 5.82 Å². The van der Waals surface area contributed by atoms with Gasteiger partial charge in [0.25, 0.3) is 0 Å². The van der Waals surface area contributed by atoms with E-state index in [-0.39, 0.29) is 6.04 Å². The van der Waals surface area contributed by atoms with Gasteiger partial charge in [0, 0.05) is 30.5 Å². The Hall–Kier alpha value is -1.46. The minimum atomic E-state index is -0.0234. The molecule has 0 aliphatic heterocycles. The number of hydrogen-bond donors (Lipinski definition) is 2. The first-order valence-corrected chi connectivity index (χ1v) is 6.94. The van der Waals surface area contributed by atoms with Crippen molar-refractivity contribution in [3.05, 3.63) is 41.7 Å². The smallest absolute Gasteiger partial charge is 0.202 e. The number of benzene rings is 1. The number of hydrogen-bond acceptors (Lipinski definition) is 5. The fourth-order valence-electron chi connectivity index (χ4n) is 1.67. The lowest BCUT2D eigenvalue weighted by Crippen LogP contribution is -2.20. The highest BCUT2D eigenvalue weighted by Gasteiger charge is 2.07. The molecule has 0 radical (unpaired) electrons. The first-order chi connectivity index (χ1) is 8.79. The van der Waals surface area contributed by atoms with E-state index in [4.69, 9.17) is 5.73 Å². The Bertz CT molecular complexity index is 469. The lowest BCUT2D eigenvalue weighted by molar-refractivity contribution is 0.762. The van der Waals surface area contributed by atoms with Gasteiger partial charge in [-0.1, -0.05) is 37.3 Å². The molecule has 1 aromatic heterocycles. The number of nitrogens with one attached hydrogen (secondary N) is 1. The molecule has 0 aliphatic rings. The molecule has 4 nitrogen and oxygen atoms in total. The number of aromatic nitrogens is 2. The molecule has 0 amide bonds. The van der Waals surface area contributed by atoms with E-state index in [1.807, 2.05) is 30.3 Å². The zero-order valence-electron chi connectivity index (χ0n) is 10.5. The molecule has 18 heavy (non-hydrogen) atoms. The van der Waals surface area contributed by atoms with E-state index in [1.165, 1.54) is 11.5 Å². The molecular formula is C13H18N4S. The maximum atomic E-state index is 6.10. The number of anilines is 1. The van der Waals surface area contributed by atoms with Crippen LogP contribution in [-0.4, -0.2) is 15.9 Å². The minimum Gasteiger partial charge on any atom is -0.358 e. The molecule has 96 valence electrons. The summed E-state index contributed by atoms with van der Waals surface area (Å²) < 4.78 is 4.28. The molecule has 1 atom stereocenters. The van der Waals surface area contributed by atoms with Gasteiger partial charge in [-0.05, 0) is 12.0 Å². The van der Waals surface area contributed by atoms with E-state index >= 15 is 0 Å². The SMILES string of the molecule is CCCc1nsc(NCC(N)c2ccccc2)n1. The van der Waals surface area contributed by atoms with Crippen LogP contribution in [0.3, 0.4) is 0 Å². The average Bonchev–Trinajstić information content (AvgIpc) is 2.85. The van der Waals surface area contributed by atoms with Gasteiger partial charge in [0.15, 0.2) is 0 Å². The van der Waals surface area contributed by atoms with E-state index in [9.17, 15) is 0 Å². The summed E-state index contributed by atoms with van der Waals surface area (Å²) in [7, 11) is 0. The highest BCUT2D eigenvalue weighted by molar-refractivity contribution is 7.09. The van der Waals surface area contributed by atoms with Crippen LogP contribution in [0, 0.1) is 0 Å². The zero-order chi connectivity index (χ0) is 12.8. The molecule has 2 rings (SSSR count). The monoisotopic (exact) mass is 262 g/mol. The van der Waals surface area contributed by atoms with E-state index in [1.54, 1.807) is 0 Å². The van der Waals surface area contributed by atoms with Crippen molar-refractivity contribution in [2.75, 3.05) is 11.9 Å². The van der Waals surface area contributed by atoms with Crippen LogP contribution in [0.1, 0.15) is 30.8 Å². The molecule has 0 fully saturated rings. The van der Waals surface area contributed by atoms with E-state index < -0.39 is 0 Å². The molecule has 0 aliphatic carbocycles. The van der Waals surface area contributed by atoms with Crippen LogP contribution in [0.2, 0.25) is 0 Å². The summed E-state index contributed by atoms with van der Waals surface area (Å²) in [5, 5.41) is 4.09. The Labute approximate surface area is 111 Å². The Morgan fingerprint density at radius 2 is 2.11 bits per heavy atom. The fourth-order valence-corrected chi connectivity index (χ4v) is 2.28. The van der Waals surface area contributed by atoms with Gasteiger partial charge in [-0.25, -0.2) is 4.98 Å². The van der Waals surface area contributed by atoms with Crippen LogP contribution in [-0.2, 0) is 6.42 Å². The molecule has 1 heterocycles. The van der Waals surface area contributed by atoms with Crippen LogP contribution >= 0.6 is 11.5 Å². The van der Waals surface area contributed by atoms with Crippen molar-refractivity contribution in [2.45, 2.75) is 25.8 Å². The highest BCUT2D eigenvalue weighted by atomic mass is 32.1. The minimum absolute atomic E-state index is 0.0234. The van der Waals surface area contributed by atoms with Gasteiger partial charge in [0.2, 0.25) is 5.13 Å². The van der Waals surface area contributed by atoms with Crippen molar-refractivity contribution in [1.29, 1.82) is 0 Å². The van der Waals surface area contributed by atoms with Crippen LogP contribution in [0.5, 0.6) is 0 Å². The third-order valence-corrected chi connectivity index (χ3v) is 3.35. The lowest BCUT2D eigenvalue weighted by atomic mass is 10.1. The molecule has 0 saturated heterocycles. The number of aryl methyl sites for hydroxylation is 1. The Morgan fingerprint density at radius 3 is 2.83 bits per heavy atom. The molecule has 2 aromatic rings. The molecule has 0 bridgehead atoms. The van der Waals surface area contributed by atoms with Gasteiger partial charge in [0.05, 0.1) is 0 Å². The fraction of sp³-hybridized carbons (Fsp3) is 0.385. The topological polar surface area (TPSA) is 63.8 Å². The van der Waals surface area contributed by atoms with E-state index in [0.29, 0.717) is 6.54 Å². The standard InChI is InChI=1S/C13H18N4S/c1-2-6-12-16-13(18-17-12)15-9-11(14)10-7-4-3-5-8-10/h3-5,7-8,11H,2,6,9,14H2,1H3,(H,15,16,17). The summed E-state index contributed by atoms with van der Waals surface area (Å²) >= 11 is 1.40. The summed E-state index contributed by atoms with van der Waals surface area (Å²) in [5.74, 6) is 0.915. The van der Waals surface area contributed by atoms with Crippen LogP contribution < -0.4 is 11.1 Å².